The van der Waals surface area contributed by atoms with Crippen LogP contribution in [0, 0.1) is 18.6 Å². The van der Waals surface area contributed by atoms with E-state index in [0.717, 1.165) is 25.7 Å². The molecule has 2 nitrogen and oxygen atoms in total. The quantitative estimate of drug-likeness (QED) is 0.800. The molecule has 0 aliphatic carbocycles. The SMILES string of the molecule is CCC1CCCCN1C(=O)c1ccc(C)c(F)c1F. The summed E-state index contributed by atoms with van der Waals surface area (Å²) in [4.78, 5) is 14.1. The molecule has 0 saturated carbocycles. The molecule has 1 heterocycles. The van der Waals surface area contributed by atoms with Crippen LogP contribution in [0.1, 0.15) is 48.5 Å². The molecule has 0 bridgehead atoms. The molecule has 1 aliphatic rings. The van der Waals surface area contributed by atoms with E-state index >= 15 is 0 Å². The van der Waals surface area contributed by atoms with Gasteiger partial charge in [0.25, 0.3) is 5.91 Å². The number of carbonyl (C=O) groups excluding carboxylic acids is 1. The van der Waals surface area contributed by atoms with Gasteiger partial charge in [0, 0.05) is 12.6 Å². The molecule has 1 fully saturated rings. The number of hydrogen-bond acceptors (Lipinski definition) is 1. The number of piperidine rings is 1. The summed E-state index contributed by atoms with van der Waals surface area (Å²) in [6.45, 7) is 4.14. The van der Waals surface area contributed by atoms with Crippen LogP contribution >= 0.6 is 0 Å². The summed E-state index contributed by atoms with van der Waals surface area (Å²) in [5.41, 5.74) is 0.0724. The molecule has 1 saturated heterocycles. The number of likely N-dealkylation sites (tertiary alicyclic amines) is 1. The number of carbonyl (C=O) groups is 1. The number of nitrogens with zero attached hydrogens (tertiary/aromatic N) is 1. The van der Waals surface area contributed by atoms with Gasteiger partial charge in [-0.25, -0.2) is 8.78 Å². The number of benzene rings is 1. The fraction of sp³-hybridized carbons (Fsp3) is 0.533. The first-order chi connectivity index (χ1) is 9.06. The third-order valence-electron chi connectivity index (χ3n) is 3.87. The molecule has 0 radical (unpaired) electrons. The van der Waals surface area contributed by atoms with E-state index in [-0.39, 0.29) is 23.1 Å². The molecular weight excluding hydrogens is 248 g/mol. The van der Waals surface area contributed by atoms with Crippen molar-refractivity contribution in [3.63, 3.8) is 0 Å². The normalized spacial score (nSPS) is 19.6. The summed E-state index contributed by atoms with van der Waals surface area (Å²) in [6, 6.07) is 2.98. The minimum absolute atomic E-state index is 0.144. The molecule has 1 atom stereocenters. The van der Waals surface area contributed by atoms with E-state index in [1.165, 1.54) is 19.1 Å². The molecule has 1 aliphatic heterocycles. The van der Waals surface area contributed by atoms with Gasteiger partial charge in [-0.05, 0) is 44.2 Å². The second-order valence-electron chi connectivity index (χ2n) is 5.11. The monoisotopic (exact) mass is 267 g/mol. The highest BCUT2D eigenvalue weighted by Crippen LogP contribution is 2.24. The lowest BCUT2D eigenvalue weighted by Crippen LogP contribution is -2.43. The van der Waals surface area contributed by atoms with Crippen molar-refractivity contribution < 1.29 is 13.6 Å². The minimum atomic E-state index is -1.02. The topological polar surface area (TPSA) is 20.3 Å². The molecule has 1 aromatic rings. The first kappa shape index (κ1) is 14.0. The van der Waals surface area contributed by atoms with Gasteiger partial charge in [-0.2, -0.15) is 0 Å². The van der Waals surface area contributed by atoms with Crippen molar-refractivity contribution >= 4 is 5.91 Å². The van der Waals surface area contributed by atoms with E-state index in [0.29, 0.717) is 6.54 Å². The molecule has 0 N–H and O–H groups in total. The van der Waals surface area contributed by atoms with Gasteiger partial charge < -0.3 is 4.90 Å². The average Bonchev–Trinajstić information content (AvgIpc) is 2.44. The van der Waals surface area contributed by atoms with Gasteiger partial charge in [-0.1, -0.05) is 13.0 Å². The maximum Gasteiger partial charge on any atom is 0.257 e. The van der Waals surface area contributed by atoms with E-state index in [2.05, 4.69) is 0 Å². The van der Waals surface area contributed by atoms with Crippen LogP contribution in [0.25, 0.3) is 0 Å². The third kappa shape index (κ3) is 2.62. The standard InChI is InChI=1S/C15H19F2NO/c1-3-11-6-4-5-9-18(11)15(19)12-8-7-10(2)13(16)14(12)17/h7-8,11H,3-6,9H2,1-2H3. The highest BCUT2D eigenvalue weighted by molar-refractivity contribution is 5.94. The summed E-state index contributed by atoms with van der Waals surface area (Å²) < 4.78 is 27.4. The van der Waals surface area contributed by atoms with Crippen LogP contribution in [0.5, 0.6) is 0 Å². The first-order valence-corrected chi connectivity index (χ1v) is 6.81. The van der Waals surface area contributed by atoms with Gasteiger partial charge in [0.2, 0.25) is 0 Å². The molecule has 19 heavy (non-hydrogen) atoms. The number of aryl methyl sites for hydroxylation is 1. The van der Waals surface area contributed by atoms with Crippen LogP contribution in [0.15, 0.2) is 12.1 Å². The highest BCUT2D eigenvalue weighted by Gasteiger charge is 2.28. The minimum Gasteiger partial charge on any atom is -0.336 e. The van der Waals surface area contributed by atoms with Crippen molar-refractivity contribution in [3.05, 3.63) is 34.9 Å². The summed E-state index contributed by atoms with van der Waals surface area (Å²) in [6.07, 6.45) is 3.81. The maximum atomic E-state index is 13.9. The van der Waals surface area contributed by atoms with Crippen molar-refractivity contribution in [2.24, 2.45) is 0 Å². The summed E-state index contributed by atoms with van der Waals surface area (Å²) in [5.74, 6) is -2.33. The molecule has 0 spiro atoms. The lowest BCUT2D eigenvalue weighted by Gasteiger charge is -2.35. The lowest BCUT2D eigenvalue weighted by atomic mass is 9.98. The van der Waals surface area contributed by atoms with Crippen molar-refractivity contribution in [1.29, 1.82) is 0 Å². The van der Waals surface area contributed by atoms with Gasteiger partial charge in [-0.3, -0.25) is 4.79 Å². The average molecular weight is 267 g/mol. The Kier molecular flexibility index (Phi) is 4.17. The van der Waals surface area contributed by atoms with Gasteiger partial charge in [0.1, 0.15) is 0 Å². The largest absolute Gasteiger partial charge is 0.336 e. The fourth-order valence-corrected chi connectivity index (χ4v) is 2.66. The molecule has 4 heteroatoms. The Morgan fingerprint density at radius 1 is 1.32 bits per heavy atom. The Morgan fingerprint density at radius 2 is 2.05 bits per heavy atom. The van der Waals surface area contributed by atoms with Gasteiger partial charge in [0.05, 0.1) is 5.56 Å². The molecule has 1 aromatic carbocycles. The number of amides is 1. The number of hydrogen-bond donors (Lipinski definition) is 0. The van der Waals surface area contributed by atoms with Crippen molar-refractivity contribution in [1.82, 2.24) is 4.90 Å². The van der Waals surface area contributed by atoms with Crippen LogP contribution in [0.4, 0.5) is 8.78 Å². The zero-order valence-corrected chi connectivity index (χ0v) is 11.4. The predicted octanol–water partition coefficient (Wildman–Crippen LogP) is 3.68. The molecule has 1 unspecified atom stereocenters. The van der Waals surface area contributed by atoms with Crippen molar-refractivity contribution in [2.45, 2.75) is 45.6 Å². The second-order valence-corrected chi connectivity index (χ2v) is 5.11. The molecule has 0 aromatic heterocycles. The first-order valence-electron chi connectivity index (χ1n) is 6.81. The van der Waals surface area contributed by atoms with Crippen molar-refractivity contribution in [3.8, 4) is 0 Å². The number of halogens is 2. The fourth-order valence-electron chi connectivity index (χ4n) is 2.66. The lowest BCUT2D eigenvalue weighted by molar-refractivity contribution is 0.0602. The van der Waals surface area contributed by atoms with E-state index in [4.69, 9.17) is 0 Å². The van der Waals surface area contributed by atoms with Gasteiger partial charge >= 0.3 is 0 Å². The third-order valence-corrected chi connectivity index (χ3v) is 3.87. The van der Waals surface area contributed by atoms with Crippen LogP contribution in [0.3, 0.4) is 0 Å². The molecule has 104 valence electrons. The zero-order chi connectivity index (χ0) is 14.0. The summed E-state index contributed by atoms with van der Waals surface area (Å²) in [7, 11) is 0. The Bertz CT molecular complexity index is 487. The van der Waals surface area contributed by atoms with E-state index in [1.807, 2.05) is 6.92 Å². The molecular formula is C15H19F2NO. The Hall–Kier alpha value is -1.45. The van der Waals surface area contributed by atoms with E-state index in [1.54, 1.807) is 4.90 Å². The van der Waals surface area contributed by atoms with Crippen LogP contribution in [-0.2, 0) is 0 Å². The van der Waals surface area contributed by atoms with Gasteiger partial charge in [-0.15, -0.1) is 0 Å². The predicted molar refractivity (Wildman–Crippen MR) is 70.1 cm³/mol. The highest BCUT2D eigenvalue weighted by atomic mass is 19.2. The summed E-state index contributed by atoms with van der Waals surface area (Å²) >= 11 is 0. The second kappa shape index (κ2) is 5.68. The smallest absolute Gasteiger partial charge is 0.257 e. The molecule has 2 rings (SSSR count). The molecule has 1 amide bonds. The van der Waals surface area contributed by atoms with E-state index < -0.39 is 11.6 Å². The van der Waals surface area contributed by atoms with Crippen LogP contribution < -0.4 is 0 Å². The maximum absolute atomic E-state index is 13.9. The van der Waals surface area contributed by atoms with Crippen LogP contribution in [-0.4, -0.2) is 23.4 Å². The van der Waals surface area contributed by atoms with Crippen LogP contribution in [0.2, 0.25) is 0 Å². The number of rotatable bonds is 2. The Morgan fingerprint density at radius 3 is 2.74 bits per heavy atom. The van der Waals surface area contributed by atoms with Gasteiger partial charge in [0.15, 0.2) is 11.6 Å². The Labute approximate surface area is 112 Å². The Balaban J connectivity index is 2.31. The zero-order valence-electron chi connectivity index (χ0n) is 11.4. The summed E-state index contributed by atoms with van der Waals surface area (Å²) in [5, 5.41) is 0. The van der Waals surface area contributed by atoms with Crippen molar-refractivity contribution in [2.75, 3.05) is 6.54 Å². The van der Waals surface area contributed by atoms with E-state index in [9.17, 15) is 13.6 Å².